The number of anilines is 1. The fourth-order valence-corrected chi connectivity index (χ4v) is 11.8. The first kappa shape index (κ1) is 57.0. The topological polar surface area (TPSA) is 255 Å². The third-order valence-corrected chi connectivity index (χ3v) is 16.7. The average Bonchev–Trinajstić information content (AvgIpc) is 4.08. The van der Waals surface area contributed by atoms with E-state index in [1.54, 1.807) is 37.6 Å². The molecule has 1 aliphatic carbocycles. The molecule has 3 aliphatic rings. The smallest absolute Gasteiger partial charge is 0.269 e. The first-order valence-corrected chi connectivity index (χ1v) is 29.3. The van der Waals surface area contributed by atoms with Gasteiger partial charge in [0, 0.05) is 100.0 Å². The van der Waals surface area contributed by atoms with Gasteiger partial charge in [-0.15, -0.1) is 0 Å². The second-order valence-corrected chi connectivity index (χ2v) is 22.4. The lowest BCUT2D eigenvalue weighted by molar-refractivity contribution is -0.131. The van der Waals surface area contributed by atoms with Crippen LogP contribution >= 0.6 is 0 Å². The highest BCUT2D eigenvalue weighted by Crippen LogP contribution is 2.30. The predicted octanol–water partition coefficient (Wildman–Crippen LogP) is 4.92. The highest BCUT2D eigenvalue weighted by Gasteiger charge is 2.35. The van der Waals surface area contributed by atoms with Crippen molar-refractivity contribution in [1.29, 1.82) is 0 Å². The van der Waals surface area contributed by atoms with Crippen molar-refractivity contribution in [3.05, 3.63) is 135 Å². The van der Waals surface area contributed by atoms with Crippen LogP contribution in [0.1, 0.15) is 108 Å². The number of carbonyl (C=O) groups excluding carboxylic acids is 4. The number of aryl methyl sites for hydroxylation is 1. The third-order valence-electron chi connectivity index (χ3n) is 15.4. The summed E-state index contributed by atoms with van der Waals surface area (Å²) < 4.78 is 42.1. The number of H-pyrrole nitrogens is 1. The molecule has 21 nitrogen and oxygen atoms in total. The van der Waals surface area contributed by atoms with Crippen molar-refractivity contribution in [2.24, 2.45) is 5.92 Å². The summed E-state index contributed by atoms with van der Waals surface area (Å²) in [4.78, 5) is 85.0. The van der Waals surface area contributed by atoms with E-state index >= 15 is 0 Å². The molecule has 6 heterocycles. The largest absolute Gasteiger partial charge is 0.497 e. The summed E-state index contributed by atoms with van der Waals surface area (Å²) in [5.41, 5.74) is 6.44. The minimum Gasteiger partial charge on any atom is -0.497 e. The van der Waals surface area contributed by atoms with Crippen molar-refractivity contribution >= 4 is 50.4 Å². The monoisotopic (exact) mass is 1110 g/mol. The number of amides is 4. The second kappa shape index (κ2) is 26.5. The maximum absolute atomic E-state index is 14.0. The molecule has 2 atom stereocenters. The quantitative estimate of drug-likeness (QED) is 0.0605. The summed E-state index contributed by atoms with van der Waals surface area (Å²) in [7, 11) is -2.81. The molecule has 4 amide bonds. The van der Waals surface area contributed by atoms with E-state index in [-0.39, 0.29) is 53.5 Å². The SMILES string of the molecule is CCOc1cc(OC)ccc1CNCC(=O)N1CCC[C@@H](c2cccc(C(=O)N[C@@H](C(=O)NS(=O)(=O)c3cnn(CCNC(=O)c4ccc(N5CCN(Cc6cnc7cc(CC)c(=O)[nH]c7c6)CC5)cn4)c3)C3CCCCC3)c2)C1. The van der Waals surface area contributed by atoms with Gasteiger partial charge in [-0.3, -0.25) is 38.5 Å². The van der Waals surface area contributed by atoms with Crippen LogP contribution in [0.2, 0.25) is 0 Å². The predicted molar refractivity (Wildman–Crippen MR) is 302 cm³/mol. The van der Waals surface area contributed by atoms with Gasteiger partial charge in [-0.05, 0) is 98.5 Å². The van der Waals surface area contributed by atoms with E-state index < -0.39 is 33.8 Å². The molecule has 80 heavy (non-hydrogen) atoms. The Bertz CT molecular complexity index is 3320. The van der Waals surface area contributed by atoms with Gasteiger partial charge in [0.05, 0.1) is 55.9 Å². The molecular formula is C58H72N12O9S. The standard InChI is InChI=1S/C58H72N12O9S/c1-4-40-29-50-51(64-55(40)72)27-39(31-61-50)36-67-23-25-68(26-24-67)46-17-19-49(62-33-46)57(74)60-20-22-70-38-48(34-63-70)80(76,77)66-58(75)54(41-11-7-6-8-12-41)65-56(73)43-14-9-13-42(28-43)45-15-10-21-69(37-45)53(71)35-59-32-44-16-18-47(78-3)30-52(44)79-5-2/h9,13-14,16-19,27-31,33-34,38,41,45,54,59H,4-8,10-12,15,20-26,32,35-37H2,1-3H3,(H,60,74)(H,64,72)(H,65,73)(H,66,75)/t45-,54-/m1/s1. The number of aromatic nitrogens is 5. The number of nitrogens with one attached hydrogen (secondary N) is 5. The number of benzene rings is 2. The van der Waals surface area contributed by atoms with Gasteiger partial charge in [0.2, 0.25) is 5.91 Å². The minimum absolute atomic E-state index is 0.0149. The van der Waals surface area contributed by atoms with Crippen LogP contribution in [0.5, 0.6) is 11.5 Å². The summed E-state index contributed by atoms with van der Waals surface area (Å²) in [6.45, 7) is 10.2. The molecule has 424 valence electrons. The van der Waals surface area contributed by atoms with Gasteiger partial charge >= 0.3 is 0 Å². The lowest BCUT2D eigenvalue weighted by Gasteiger charge is -2.36. The van der Waals surface area contributed by atoms with Crippen LogP contribution in [0.4, 0.5) is 5.69 Å². The van der Waals surface area contributed by atoms with Gasteiger partial charge in [-0.2, -0.15) is 5.10 Å². The Kier molecular flexibility index (Phi) is 18.9. The molecule has 2 aliphatic heterocycles. The molecule has 1 saturated carbocycles. The zero-order valence-electron chi connectivity index (χ0n) is 45.7. The maximum Gasteiger partial charge on any atom is 0.269 e. The number of piperidine rings is 1. The number of methoxy groups -OCH3 is 1. The Labute approximate surface area is 466 Å². The number of aromatic amines is 1. The fourth-order valence-electron chi connectivity index (χ4n) is 10.9. The molecular weight excluding hydrogens is 1040 g/mol. The normalized spacial score (nSPS) is 16.7. The Morgan fingerprint density at radius 2 is 1.68 bits per heavy atom. The summed E-state index contributed by atoms with van der Waals surface area (Å²) >= 11 is 0. The number of ether oxygens (including phenoxy) is 2. The summed E-state index contributed by atoms with van der Waals surface area (Å²) in [6, 6.07) is 19.1. The van der Waals surface area contributed by atoms with Crippen LogP contribution < -0.4 is 40.6 Å². The Morgan fingerprint density at radius 1 is 0.850 bits per heavy atom. The highest BCUT2D eigenvalue weighted by molar-refractivity contribution is 7.90. The molecule has 9 rings (SSSR count). The van der Waals surface area contributed by atoms with E-state index in [0.717, 1.165) is 103 Å². The number of pyridine rings is 3. The number of rotatable bonds is 22. The number of likely N-dealkylation sites (tertiary alicyclic amines) is 1. The molecule has 0 bridgehead atoms. The zero-order chi connectivity index (χ0) is 56.2. The van der Waals surface area contributed by atoms with Crippen molar-refractivity contribution in [1.82, 2.24) is 55.2 Å². The van der Waals surface area contributed by atoms with Crippen molar-refractivity contribution in [3.63, 3.8) is 0 Å². The Balaban J connectivity index is 0.735. The molecule has 4 aromatic heterocycles. The van der Waals surface area contributed by atoms with E-state index in [4.69, 9.17) is 9.47 Å². The van der Waals surface area contributed by atoms with Crippen molar-refractivity contribution in [2.45, 2.75) is 102 Å². The van der Waals surface area contributed by atoms with E-state index in [1.165, 1.54) is 10.9 Å². The lowest BCUT2D eigenvalue weighted by Crippen LogP contribution is -2.52. The molecule has 22 heteroatoms. The van der Waals surface area contributed by atoms with Gasteiger partial charge in [-0.1, -0.05) is 44.4 Å². The van der Waals surface area contributed by atoms with Crippen LogP contribution in [0, 0.1) is 5.92 Å². The van der Waals surface area contributed by atoms with Crippen LogP contribution in [0.25, 0.3) is 11.0 Å². The molecule has 0 spiro atoms. The van der Waals surface area contributed by atoms with Crippen molar-refractivity contribution < 1.29 is 37.1 Å². The van der Waals surface area contributed by atoms with Gasteiger partial charge in [0.15, 0.2) is 0 Å². The average molecular weight is 1110 g/mol. The maximum atomic E-state index is 14.0. The number of hydrogen-bond acceptors (Lipinski definition) is 15. The number of nitrogens with zero attached hydrogens (tertiary/aromatic N) is 7. The van der Waals surface area contributed by atoms with Gasteiger partial charge in [-0.25, -0.2) is 18.1 Å². The Hall–Kier alpha value is -7.69. The zero-order valence-corrected chi connectivity index (χ0v) is 46.6. The van der Waals surface area contributed by atoms with Crippen molar-refractivity contribution in [2.75, 3.05) is 71.0 Å². The molecule has 0 radical (unpaired) electrons. The summed E-state index contributed by atoms with van der Waals surface area (Å²) in [6.07, 6.45) is 12.2. The highest BCUT2D eigenvalue weighted by atomic mass is 32.2. The number of sulfonamides is 1. The molecule has 0 unspecified atom stereocenters. The fraction of sp³-hybridized carbons (Fsp3) is 0.448. The third kappa shape index (κ3) is 14.4. The first-order chi connectivity index (χ1) is 38.8. The number of fused-ring (bicyclic) bond motifs is 1. The summed E-state index contributed by atoms with van der Waals surface area (Å²) in [5.74, 6) is -0.664. The van der Waals surface area contributed by atoms with Crippen LogP contribution in [0.3, 0.4) is 0 Å². The van der Waals surface area contributed by atoms with Gasteiger partial charge in [0.25, 0.3) is 33.3 Å². The lowest BCUT2D eigenvalue weighted by atomic mass is 9.83. The van der Waals surface area contributed by atoms with E-state index in [9.17, 15) is 32.4 Å². The van der Waals surface area contributed by atoms with Crippen LogP contribution in [0.15, 0.2) is 101 Å². The molecule has 2 aromatic carbocycles. The number of piperazine rings is 1. The molecule has 6 aromatic rings. The molecule has 3 fully saturated rings. The van der Waals surface area contributed by atoms with E-state index in [2.05, 4.69) is 50.5 Å². The van der Waals surface area contributed by atoms with Gasteiger partial charge in [0.1, 0.15) is 28.1 Å². The van der Waals surface area contributed by atoms with E-state index in [0.29, 0.717) is 69.1 Å². The minimum atomic E-state index is -4.41. The molecule has 2 saturated heterocycles. The van der Waals surface area contributed by atoms with Crippen LogP contribution in [-0.4, -0.2) is 139 Å². The van der Waals surface area contributed by atoms with E-state index in [1.807, 2.05) is 67.4 Å². The molecule has 5 N–H and O–H groups in total. The second-order valence-electron chi connectivity index (χ2n) is 20.7. The van der Waals surface area contributed by atoms with Crippen molar-refractivity contribution in [3.8, 4) is 11.5 Å². The Morgan fingerprint density at radius 3 is 2.44 bits per heavy atom. The first-order valence-electron chi connectivity index (χ1n) is 27.8. The van der Waals surface area contributed by atoms with Crippen LogP contribution in [-0.2, 0) is 45.7 Å². The summed E-state index contributed by atoms with van der Waals surface area (Å²) in [5, 5.41) is 13.2. The number of hydrogen-bond donors (Lipinski definition) is 5. The van der Waals surface area contributed by atoms with Gasteiger partial charge < -0.3 is 40.2 Å². The number of carbonyl (C=O) groups is 4.